The first-order chi connectivity index (χ1) is 14.1. The van der Waals surface area contributed by atoms with Crippen molar-refractivity contribution >= 4 is 33.7 Å². The van der Waals surface area contributed by atoms with E-state index in [2.05, 4.69) is 15.6 Å². The lowest BCUT2D eigenvalue weighted by Gasteiger charge is -2.15. The molecule has 0 spiro atoms. The van der Waals surface area contributed by atoms with Gasteiger partial charge in [0.1, 0.15) is 6.04 Å². The summed E-state index contributed by atoms with van der Waals surface area (Å²) in [6, 6.07) is 20.0. The van der Waals surface area contributed by atoms with Crippen LogP contribution in [0.4, 0.5) is 4.79 Å². The zero-order chi connectivity index (χ0) is 20.2. The Morgan fingerprint density at radius 3 is 2.45 bits per heavy atom. The van der Waals surface area contributed by atoms with Gasteiger partial charge < -0.3 is 20.7 Å². The standard InChI is InChI=1S/C23H21N3O3/c27-22(28)21(12-17-14-24-20-11-4-3-10-19(17)20)26-23(29)25-13-16-8-5-7-15-6-1-2-9-18(15)16/h1-11,14,21,24H,12-13H2,(H,27,28)(H2,25,26,29)/t21-/m0/s1. The lowest BCUT2D eigenvalue weighted by Crippen LogP contribution is -2.46. The molecule has 3 aromatic carbocycles. The minimum Gasteiger partial charge on any atom is -0.480 e. The van der Waals surface area contributed by atoms with Gasteiger partial charge in [0.25, 0.3) is 0 Å². The van der Waals surface area contributed by atoms with Gasteiger partial charge >= 0.3 is 12.0 Å². The molecule has 0 aliphatic heterocycles. The maximum absolute atomic E-state index is 12.4. The van der Waals surface area contributed by atoms with Gasteiger partial charge in [-0.15, -0.1) is 0 Å². The summed E-state index contributed by atoms with van der Waals surface area (Å²) < 4.78 is 0. The lowest BCUT2D eigenvalue weighted by atomic mass is 10.0. The largest absolute Gasteiger partial charge is 0.480 e. The molecular formula is C23H21N3O3. The summed E-state index contributed by atoms with van der Waals surface area (Å²) in [5.74, 6) is -1.07. The van der Waals surface area contributed by atoms with E-state index in [1.54, 1.807) is 6.20 Å². The zero-order valence-electron chi connectivity index (χ0n) is 15.7. The molecule has 0 saturated carbocycles. The second kappa shape index (κ2) is 8.06. The minimum absolute atomic E-state index is 0.195. The quantitative estimate of drug-likeness (QED) is 0.405. The van der Waals surface area contributed by atoms with E-state index >= 15 is 0 Å². The molecule has 0 bridgehead atoms. The number of carbonyl (C=O) groups is 2. The SMILES string of the molecule is O=C(NCc1cccc2ccccc12)N[C@@H](Cc1c[nH]c2ccccc12)C(=O)O. The van der Waals surface area contributed by atoms with Crippen LogP contribution < -0.4 is 10.6 Å². The van der Waals surface area contributed by atoms with Gasteiger partial charge in [-0.25, -0.2) is 9.59 Å². The van der Waals surface area contributed by atoms with E-state index < -0.39 is 18.0 Å². The Hall–Kier alpha value is -3.80. The normalized spacial score (nSPS) is 12.0. The monoisotopic (exact) mass is 387 g/mol. The van der Waals surface area contributed by atoms with Gasteiger partial charge in [0.15, 0.2) is 0 Å². The van der Waals surface area contributed by atoms with Crippen molar-refractivity contribution in [3.63, 3.8) is 0 Å². The number of fused-ring (bicyclic) bond motifs is 2. The zero-order valence-corrected chi connectivity index (χ0v) is 15.7. The number of aliphatic carboxylic acids is 1. The number of carboxylic acids is 1. The smallest absolute Gasteiger partial charge is 0.326 e. The van der Waals surface area contributed by atoms with E-state index in [1.165, 1.54) is 0 Å². The van der Waals surface area contributed by atoms with Crippen LogP contribution in [0.15, 0.2) is 72.9 Å². The summed E-state index contributed by atoms with van der Waals surface area (Å²) in [4.78, 5) is 27.2. The number of urea groups is 1. The maximum Gasteiger partial charge on any atom is 0.326 e. The molecule has 6 heteroatoms. The van der Waals surface area contributed by atoms with Gasteiger partial charge in [-0.05, 0) is 28.0 Å². The van der Waals surface area contributed by atoms with Crippen LogP contribution in [0.1, 0.15) is 11.1 Å². The molecule has 146 valence electrons. The fraction of sp³-hybridized carbons (Fsp3) is 0.130. The Labute approximate surface area is 167 Å². The van der Waals surface area contributed by atoms with Crippen molar-refractivity contribution in [1.82, 2.24) is 15.6 Å². The highest BCUT2D eigenvalue weighted by Gasteiger charge is 2.21. The maximum atomic E-state index is 12.4. The van der Waals surface area contributed by atoms with Gasteiger partial charge in [0.05, 0.1) is 0 Å². The van der Waals surface area contributed by atoms with Crippen molar-refractivity contribution in [3.8, 4) is 0 Å². The highest BCUT2D eigenvalue weighted by atomic mass is 16.4. The molecule has 1 aromatic heterocycles. The van der Waals surface area contributed by atoms with Gasteiger partial charge in [-0.1, -0.05) is 60.7 Å². The van der Waals surface area contributed by atoms with Crippen LogP contribution in [0.5, 0.6) is 0 Å². The van der Waals surface area contributed by atoms with Gasteiger partial charge in [-0.2, -0.15) is 0 Å². The summed E-state index contributed by atoms with van der Waals surface area (Å²) in [6.07, 6.45) is 1.98. The number of carbonyl (C=O) groups excluding carboxylic acids is 1. The van der Waals surface area contributed by atoms with Crippen LogP contribution >= 0.6 is 0 Å². The van der Waals surface area contributed by atoms with Crippen molar-refractivity contribution in [1.29, 1.82) is 0 Å². The molecule has 0 aliphatic carbocycles. The van der Waals surface area contributed by atoms with Gasteiger partial charge in [0.2, 0.25) is 0 Å². The van der Waals surface area contributed by atoms with E-state index in [-0.39, 0.29) is 6.42 Å². The molecule has 1 atom stereocenters. The van der Waals surface area contributed by atoms with Crippen molar-refractivity contribution < 1.29 is 14.7 Å². The van der Waals surface area contributed by atoms with Crippen LogP contribution in [-0.4, -0.2) is 28.1 Å². The third-order valence-electron chi connectivity index (χ3n) is 5.02. The average Bonchev–Trinajstić information content (AvgIpc) is 3.14. The highest BCUT2D eigenvalue weighted by Crippen LogP contribution is 2.20. The molecule has 2 amide bonds. The van der Waals surface area contributed by atoms with Crippen molar-refractivity contribution in [3.05, 3.63) is 84.1 Å². The van der Waals surface area contributed by atoms with E-state index in [9.17, 15) is 14.7 Å². The van der Waals surface area contributed by atoms with E-state index in [0.29, 0.717) is 6.54 Å². The number of nitrogens with one attached hydrogen (secondary N) is 3. The summed E-state index contributed by atoms with van der Waals surface area (Å²) in [7, 11) is 0. The number of H-pyrrole nitrogens is 1. The lowest BCUT2D eigenvalue weighted by molar-refractivity contribution is -0.139. The Bertz CT molecular complexity index is 1180. The molecule has 0 fully saturated rings. The van der Waals surface area contributed by atoms with Crippen LogP contribution in [0.2, 0.25) is 0 Å². The summed E-state index contributed by atoms with van der Waals surface area (Å²) in [5.41, 5.74) is 2.76. The Kier molecular flexibility index (Phi) is 5.16. The molecule has 29 heavy (non-hydrogen) atoms. The number of benzene rings is 3. The summed E-state index contributed by atoms with van der Waals surface area (Å²) in [6.45, 7) is 0.312. The topological polar surface area (TPSA) is 94.2 Å². The molecule has 6 nitrogen and oxygen atoms in total. The third-order valence-corrected chi connectivity index (χ3v) is 5.02. The number of aromatic nitrogens is 1. The molecular weight excluding hydrogens is 366 g/mol. The highest BCUT2D eigenvalue weighted by molar-refractivity contribution is 5.88. The third kappa shape index (κ3) is 4.06. The second-order valence-electron chi connectivity index (χ2n) is 6.92. The summed E-state index contributed by atoms with van der Waals surface area (Å²) >= 11 is 0. The number of para-hydroxylation sites is 1. The average molecular weight is 387 g/mol. The molecule has 0 aliphatic rings. The second-order valence-corrected chi connectivity index (χ2v) is 6.92. The predicted molar refractivity (Wildman–Crippen MR) is 113 cm³/mol. The van der Waals surface area contributed by atoms with Gasteiger partial charge in [-0.3, -0.25) is 0 Å². The van der Waals surface area contributed by atoms with Gasteiger partial charge in [0, 0.05) is 30.1 Å². The molecule has 4 N–H and O–H groups in total. The van der Waals surface area contributed by atoms with E-state index in [0.717, 1.165) is 32.8 Å². The number of rotatable bonds is 6. The molecule has 4 aromatic rings. The van der Waals surface area contributed by atoms with Crippen LogP contribution in [0.3, 0.4) is 0 Å². The molecule has 0 unspecified atom stereocenters. The first-order valence-corrected chi connectivity index (χ1v) is 9.40. The van der Waals surface area contributed by atoms with Crippen molar-refractivity contribution in [2.45, 2.75) is 19.0 Å². The van der Waals surface area contributed by atoms with E-state index in [4.69, 9.17) is 0 Å². The molecule has 4 rings (SSSR count). The Morgan fingerprint density at radius 1 is 0.897 bits per heavy atom. The van der Waals surface area contributed by atoms with E-state index in [1.807, 2.05) is 66.7 Å². The number of amides is 2. The molecule has 0 saturated heterocycles. The molecule has 0 radical (unpaired) electrons. The summed E-state index contributed by atoms with van der Waals surface area (Å²) in [5, 5.41) is 18.0. The van der Waals surface area contributed by atoms with Crippen LogP contribution in [0, 0.1) is 0 Å². The first kappa shape index (κ1) is 18.6. The van der Waals surface area contributed by atoms with Crippen LogP contribution in [0.25, 0.3) is 21.7 Å². The fourth-order valence-corrected chi connectivity index (χ4v) is 3.55. The van der Waals surface area contributed by atoms with Crippen molar-refractivity contribution in [2.75, 3.05) is 0 Å². The minimum atomic E-state index is -1.07. The fourth-order valence-electron chi connectivity index (χ4n) is 3.55. The predicted octanol–water partition coefficient (Wildman–Crippen LogP) is 3.82. The number of carboxylic acid groups (broad SMARTS) is 1. The Morgan fingerprint density at radius 2 is 1.62 bits per heavy atom. The molecule has 1 heterocycles. The number of aromatic amines is 1. The number of hydrogen-bond acceptors (Lipinski definition) is 2. The number of hydrogen-bond donors (Lipinski definition) is 4. The van der Waals surface area contributed by atoms with Crippen LogP contribution in [-0.2, 0) is 17.8 Å². The van der Waals surface area contributed by atoms with Crippen molar-refractivity contribution in [2.24, 2.45) is 0 Å². The Balaban J connectivity index is 1.43. The first-order valence-electron chi connectivity index (χ1n) is 9.40.